The molecule has 0 radical (unpaired) electrons. The number of hydrogen-bond donors (Lipinski definition) is 1. The molecule has 0 spiro atoms. The Labute approximate surface area is 110 Å². The number of fused-ring (bicyclic) bond motifs is 1. The zero-order valence-electron chi connectivity index (χ0n) is 11.8. The lowest BCUT2D eigenvalue weighted by Gasteiger charge is -2.24. The lowest BCUT2D eigenvalue weighted by Crippen LogP contribution is -2.10. The summed E-state index contributed by atoms with van der Waals surface area (Å²) in [5.74, 6) is 0.250. The topological polar surface area (TPSA) is 20.2 Å². The van der Waals surface area contributed by atoms with Crippen molar-refractivity contribution in [1.29, 1.82) is 0 Å². The number of rotatable bonds is 2. The lowest BCUT2D eigenvalue weighted by molar-refractivity contribution is 0.455. The number of hydrogen-bond acceptors (Lipinski definition) is 1. The van der Waals surface area contributed by atoms with Crippen LogP contribution in [0.2, 0.25) is 0 Å². The van der Waals surface area contributed by atoms with Crippen molar-refractivity contribution < 1.29 is 9.50 Å². The van der Waals surface area contributed by atoms with Gasteiger partial charge in [0.15, 0.2) is 0 Å². The molecule has 0 saturated heterocycles. The second-order valence-electron chi connectivity index (χ2n) is 4.99. The number of unbranched alkanes of at least 4 members (excludes halogenated alkanes) is 1. The number of halogens is 1. The number of benzene rings is 1. The maximum atomic E-state index is 13.5. The fourth-order valence-corrected chi connectivity index (χ4v) is 2.38. The molecule has 0 bridgehead atoms. The number of phenols is 1. The second-order valence-corrected chi connectivity index (χ2v) is 4.99. The van der Waals surface area contributed by atoms with Crippen molar-refractivity contribution in [3.8, 4) is 5.75 Å². The summed E-state index contributed by atoms with van der Waals surface area (Å²) in [6, 6.07) is 2.95. The molecule has 0 aliphatic heterocycles. The van der Waals surface area contributed by atoms with Crippen molar-refractivity contribution in [2.75, 3.05) is 0 Å². The zero-order chi connectivity index (χ0) is 13.5. The first kappa shape index (κ1) is 15.0. The van der Waals surface area contributed by atoms with Gasteiger partial charge in [-0.15, -0.1) is 0 Å². The molecular formula is C16H25FO. The summed E-state index contributed by atoms with van der Waals surface area (Å²) in [6.07, 6.45) is 6.66. The SMILES string of the molecule is CCC1CCCc2c(F)cc(O)cc21.CCCC. The molecule has 1 nitrogen and oxygen atoms in total. The van der Waals surface area contributed by atoms with Gasteiger partial charge in [-0.1, -0.05) is 33.6 Å². The van der Waals surface area contributed by atoms with Crippen LogP contribution >= 0.6 is 0 Å². The van der Waals surface area contributed by atoms with Crippen LogP contribution in [-0.2, 0) is 6.42 Å². The molecular weight excluding hydrogens is 227 g/mol. The summed E-state index contributed by atoms with van der Waals surface area (Å²) in [7, 11) is 0. The smallest absolute Gasteiger partial charge is 0.130 e. The standard InChI is InChI=1S/C12H15FO.C4H10/c1-2-8-4-3-5-10-11(8)6-9(14)7-12(10)13;1-3-4-2/h6-8,14H,2-5H2,1H3;3-4H2,1-2H3. The highest BCUT2D eigenvalue weighted by molar-refractivity contribution is 5.39. The van der Waals surface area contributed by atoms with E-state index in [0.29, 0.717) is 5.92 Å². The van der Waals surface area contributed by atoms with Crippen LogP contribution in [0.3, 0.4) is 0 Å². The maximum Gasteiger partial charge on any atom is 0.130 e. The Bertz CT molecular complexity index is 372. The van der Waals surface area contributed by atoms with E-state index in [1.165, 1.54) is 18.9 Å². The van der Waals surface area contributed by atoms with Gasteiger partial charge in [0.05, 0.1) is 0 Å². The lowest BCUT2D eigenvalue weighted by atomic mass is 9.81. The summed E-state index contributed by atoms with van der Waals surface area (Å²) in [5, 5.41) is 9.34. The molecule has 1 atom stereocenters. The van der Waals surface area contributed by atoms with Gasteiger partial charge in [0.25, 0.3) is 0 Å². The predicted octanol–water partition coefficient (Wildman–Crippen LogP) is 5.17. The van der Waals surface area contributed by atoms with Gasteiger partial charge in [-0.25, -0.2) is 4.39 Å². The van der Waals surface area contributed by atoms with Gasteiger partial charge < -0.3 is 5.11 Å². The van der Waals surface area contributed by atoms with Crippen LogP contribution in [0.1, 0.15) is 69.9 Å². The normalized spacial score (nSPS) is 17.7. The van der Waals surface area contributed by atoms with E-state index in [4.69, 9.17) is 0 Å². The molecule has 1 aromatic carbocycles. The fraction of sp³-hybridized carbons (Fsp3) is 0.625. The largest absolute Gasteiger partial charge is 0.508 e. The highest BCUT2D eigenvalue weighted by atomic mass is 19.1. The van der Waals surface area contributed by atoms with E-state index in [0.717, 1.165) is 36.8 Å². The molecule has 18 heavy (non-hydrogen) atoms. The van der Waals surface area contributed by atoms with Gasteiger partial charge >= 0.3 is 0 Å². The molecule has 0 aromatic heterocycles. The molecule has 1 aliphatic rings. The van der Waals surface area contributed by atoms with Crippen LogP contribution in [0, 0.1) is 5.82 Å². The third-order valence-electron chi connectivity index (χ3n) is 3.63. The van der Waals surface area contributed by atoms with Gasteiger partial charge in [-0.3, -0.25) is 0 Å². The van der Waals surface area contributed by atoms with E-state index in [1.54, 1.807) is 6.07 Å². The van der Waals surface area contributed by atoms with Gasteiger partial charge in [-0.2, -0.15) is 0 Å². The summed E-state index contributed by atoms with van der Waals surface area (Å²) < 4.78 is 13.5. The first-order chi connectivity index (χ1) is 8.63. The molecule has 0 fully saturated rings. The van der Waals surface area contributed by atoms with Crippen molar-refractivity contribution in [2.24, 2.45) is 0 Å². The van der Waals surface area contributed by atoms with E-state index < -0.39 is 0 Å². The van der Waals surface area contributed by atoms with Gasteiger partial charge in [0, 0.05) is 6.07 Å². The van der Waals surface area contributed by atoms with Crippen molar-refractivity contribution in [3.63, 3.8) is 0 Å². The summed E-state index contributed by atoms with van der Waals surface area (Å²) in [4.78, 5) is 0. The maximum absolute atomic E-state index is 13.5. The fourth-order valence-electron chi connectivity index (χ4n) is 2.38. The van der Waals surface area contributed by atoms with Crippen LogP contribution in [0.4, 0.5) is 4.39 Å². The quantitative estimate of drug-likeness (QED) is 0.770. The van der Waals surface area contributed by atoms with Crippen LogP contribution in [0.5, 0.6) is 5.75 Å². The Morgan fingerprint density at radius 2 is 1.89 bits per heavy atom. The third kappa shape index (κ3) is 3.72. The average molecular weight is 252 g/mol. The molecule has 1 aromatic rings. The van der Waals surface area contributed by atoms with Gasteiger partial charge in [0.2, 0.25) is 0 Å². The molecule has 0 saturated carbocycles. The molecule has 0 amide bonds. The molecule has 102 valence electrons. The minimum absolute atomic E-state index is 0.0570. The highest BCUT2D eigenvalue weighted by Gasteiger charge is 2.22. The predicted molar refractivity (Wildman–Crippen MR) is 74.6 cm³/mol. The van der Waals surface area contributed by atoms with Gasteiger partial charge in [-0.05, 0) is 48.8 Å². The second kappa shape index (κ2) is 7.40. The minimum Gasteiger partial charge on any atom is -0.508 e. The van der Waals surface area contributed by atoms with E-state index in [1.807, 2.05) is 0 Å². The van der Waals surface area contributed by atoms with E-state index >= 15 is 0 Å². The van der Waals surface area contributed by atoms with Crippen LogP contribution in [-0.4, -0.2) is 5.11 Å². The van der Waals surface area contributed by atoms with Crippen LogP contribution in [0.15, 0.2) is 12.1 Å². The van der Waals surface area contributed by atoms with E-state index in [-0.39, 0.29) is 11.6 Å². The minimum atomic E-state index is -0.238. The zero-order valence-corrected chi connectivity index (χ0v) is 11.8. The molecule has 2 heteroatoms. The molecule has 1 aliphatic carbocycles. The average Bonchev–Trinajstić information content (AvgIpc) is 2.38. The van der Waals surface area contributed by atoms with Crippen molar-refractivity contribution >= 4 is 0 Å². The Morgan fingerprint density at radius 3 is 2.44 bits per heavy atom. The molecule has 1 N–H and O–H groups in total. The summed E-state index contributed by atoms with van der Waals surface area (Å²) in [6.45, 7) is 6.47. The summed E-state index contributed by atoms with van der Waals surface area (Å²) in [5.41, 5.74) is 1.84. The highest BCUT2D eigenvalue weighted by Crippen LogP contribution is 2.37. The van der Waals surface area contributed by atoms with E-state index in [9.17, 15) is 9.50 Å². The van der Waals surface area contributed by atoms with Crippen LogP contribution in [0.25, 0.3) is 0 Å². The third-order valence-corrected chi connectivity index (χ3v) is 3.63. The van der Waals surface area contributed by atoms with Crippen molar-refractivity contribution in [2.45, 2.75) is 65.2 Å². The molecule has 0 heterocycles. The first-order valence-electron chi connectivity index (χ1n) is 7.15. The van der Waals surface area contributed by atoms with Crippen LogP contribution < -0.4 is 0 Å². The monoisotopic (exact) mass is 252 g/mol. The first-order valence-corrected chi connectivity index (χ1v) is 7.15. The Balaban J connectivity index is 0.000000357. The Kier molecular flexibility index (Phi) is 6.17. The Morgan fingerprint density at radius 1 is 1.22 bits per heavy atom. The number of phenolic OH excluding ortho intramolecular Hbond substituents is 1. The summed E-state index contributed by atoms with van der Waals surface area (Å²) >= 11 is 0. The molecule has 2 rings (SSSR count). The van der Waals surface area contributed by atoms with Gasteiger partial charge in [0.1, 0.15) is 11.6 Å². The van der Waals surface area contributed by atoms with Crippen molar-refractivity contribution in [3.05, 3.63) is 29.1 Å². The van der Waals surface area contributed by atoms with E-state index in [2.05, 4.69) is 20.8 Å². The Hall–Kier alpha value is -1.05. The van der Waals surface area contributed by atoms with Crippen molar-refractivity contribution in [1.82, 2.24) is 0 Å². The molecule has 1 unspecified atom stereocenters. The number of aromatic hydroxyl groups is 1.